The van der Waals surface area contributed by atoms with Crippen LogP contribution < -0.4 is 0 Å². The zero-order valence-corrected chi connectivity index (χ0v) is 13.8. The predicted molar refractivity (Wildman–Crippen MR) is 81.9 cm³/mol. The fourth-order valence-electron chi connectivity index (χ4n) is 2.25. The van der Waals surface area contributed by atoms with Crippen molar-refractivity contribution in [1.82, 2.24) is 9.21 Å². The second kappa shape index (κ2) is 6.20. The third-order valence-electron chi connectivity index (χ3n) is 3.53. The molecule has 0 atom stereocenters. The molecule has 1 aliphatic rings. The number of sulfonamides is 1. The fraction of sp³-hybridized carbons (Fsp3) is 0.538. The van der Waals surface area contributed by atoms with Gasteiger partial charge in [0.1, 0.15) is 0 Å². The molecule has 0 unspecified atom stereocenters. The lowest BCUT2D eigenvalue weighted by Gasteiger charge is -2.36. The molecular weight excluding hydrogens is 319 g/mol. The van der Waals surface area contributed by atoms with Crippen molar-refractivity contribution < 1.29 is 8.42 Å². The van der Waals surface area contributed by atoms with Gasteiger partial charge in [-0.1, -0.05) is 23.2 Å². The summed E-state index contributed by atoms with van der Waals surface area (Å²) in [5, 5.41) is 0.615. The SMILES string of the molecule is CC(C)N1CCN(S(=O)(=O)c2ccc(Cl)c(Cl)c2)CC1. The Kier molecular flexibility index (Phi) is 4.97. The van der Waals surface area contributed by atoms with Crippen molar-refractivity contribution in [2.75, 3.05) is 26.2 Å². The maximum Gasteiger partial charge on any atom is 0.243 e. The molecule has 0 bridgehead atoms. The molecule has 0 radical (unpaired) electrons. The van der Waals surface area contributed by atoms with Crippen LogP contribution in [0.2, 0.25) is 10.0 Å². The molecule has 1 saturated heterocycles. The van der Waals surface area contributed by atoms with Gasteiger partial charge in [0.2, 0.25) is 10.0 Å². The first-order valence-electron chi connectivity index (χ1n) is 6.51. The quantitative estimate of drug-likeness (QED) is 0.852. The molecule has 7 heteroatoms. The summed E-state index contributed by atoms with van der Waals surface area (Å²) in [5.41, 5.74) is 0. The van der Waals surface area contributed by atoms with E-state index in [-0.39, 0.29) is 9.92 Å². The molecule has 0 aliphatic carbocycles. The van der Waals surface area contributed by atoms with E-state index in [1.165, 1.54) is 22.5 Å². The highest BCUT2D eigenvalue weighted by Crippen LogP contribution is 2.27. The molecular formula is C13H18Cl2N2O2S. The smallest absolute Gasteiger partial charge is 0.243 e. The van der Waals surface area contributed by atoms with Crippen molar-refractivity contribution in [3.8, 4) is 0 Å². The zero-order chi connectivity index (χ0) is 14.9. The molecule has 0 saturated carbocycles. The summed E-state index contributed by atoms with van der Waals surface area (Å²) in [5.74, 6) is 0. The van der Waals surface area contributed by atoms with Crippen LogP contribution >= 0.6 is 23.2 Å². The van der Waals surface area contributed by atoms with Gasteiger partial charge in [0.15, 0.2) is 0 Å². The van der Waals surface area contributed by atoms with Gasteiger partial charge in [0.05, 0.1) is 14.9 Å². The van der Waals surface area contributed by atoms with E-state index < -0.39 is 10.0 Å². The molecule has 1 aromatic rings. The van der Waals surface area contributed by atoms with E-state index in [0.29, 0.717) is 24.2 Å². The van der Waals surface area contributed by atoms with Crippen molar-refractivity contribution in [2.24, 2.45) is 0 Å². The summed E-state index contributed by atoms with van der Waals surface area (Å²) in [7, 11) is -3.49. The van der Waals surface area contributed by atoms with E-state index in [9.17, 15) is 8.42 Å². The van der Waals surface area contributed by atoms with Crippen LogP contribution in [0, 0.1) is 0 Å². The number of benzene rings is 1. The van der Waals surface area contributed by atoms with Gasteiger partial charge in [0.25, 0.3) is 0 Å². The summed E-state index contributed by atoms with van der Waals surface area (Å²) in [6.45, 7) is 6.73. The van der Waals surface area contributed by atoms with Crippen LogP contribution in [-0.2, 0) is 10.0 Å². The Labute approximate surface area is 130 Å². The van der Waals surface area contributed by atoms with Crippen molar-refractivity contribution in [3.63, 3.8) is 0 Å². The van der Waals surface area contributed by atoms with E-state index in [0.717, 1.165) is 13.1 Å². The first-order valence-corrected chi connectivity index (χ1v) is 8.71. The van der Waals surface area contributed by atoms with E-state index in [1.54, 1.807) is 0 Å². The molecule has 0 N–H and O–H groups in total. The molecule has 1 aliphatic heterocycles. The molecule has 2 rings (SSSR count). The highest BCUT2D eigenvalue weighted by Gasteiger charge is 2.29. The molecule has 112 valence electrons. The summed E-state index contributed by atoms with van der Waals surface area (Å²) < 4.78 is 26.6. The number of piperazine rings is 1. The lowest BCUT2D eigenvalue weighted by Crippen LogP contribution is -2.50. The second-order valence-electron chi connectivity index (χ2n) is 5.11. The third-order valence-corrected chi connectivity index (χ3v) is 6.17. The number of hydrogen-bond donors (Lipinski definition) is 0. The van der Waals surface area contributed by atoms with E-state index in [1.807, 2.05) is 0 Å². The first-order chi connectivity index (χ1) is 9.32. The van der Waals surface area contributed by atoms with Gasteiger partial charge in [-0.3, -0.25) is 4.90 Å². The average molecular weight is 337 g/mol. The van der Waals surface area contributed by atoms with Gasteiger partial charge < -0.3 is 0 Å². The fourth-order valence-corrected chi connectivity index (χ4v) is 4.06. The Balaban J connectivity index is 2.17. The van der Waals surface area contributed by atoms with Crippen LogP contribution in [0.3, 0.4) is 0 Å². The number of hydrogen-bond acceptors (Lipinski definition) is 3. The topological polar surface area (TPSA) is 40.6 Å². The normalized spacial score (nSPS) is 18.6. The molecule has 0 aromatic heterocycles. The Bertz CT molecular complexity index is 582. The van der Waals surface area contributed by atoms with E-state index >= 15 is 0 Å². The van der Waals surface area contributed by atoms with E-state index in [4.69, 9.17) is 23.2 Å². The maximum atomic E-state index is 12.5. The van der Waals surface area contributed by atoms with Crippen molar-refractivity contribution in [3.05, 3.63) is 28.2 Å². The Morgan fingerprint density at radius 2 is 1.65 bits per heavy atom. The summed E-state index contributed by atoms with van der Waals surface area (Å²) in [4.78, 5) is 2.46. The minimum atomic E-state index is -3.49. The molecule has 0 spiro atoms. The van der Waals surface area contributed by atoms with Gasteiger partial charge in [-0.15, -0.1) is 0 Å². The lowest BCUT2D eigenvalue weighted by molar-refractivity contribution is 0.154. The Morgan fingerprint density at radius 1 is 1.05 bits per heavy atom. The third kappa shape index (κ3) is 3.28. The van der Waals surface area contributed by atoms with Crippen LogP contribution in [-0.4, -0.2) is 49.8 Å². The molecule has 20 heavy (non-hydrogen) atoms. The summed E-state index contributed by atoms with van der Waals surface area (Å²) >= 11 is 11.7. The van der Waals surface area contributed by atoms with Crippen LogP contribution in [0.4, 0.5) is 0 Å². The molecule has 1 fully saturated rings. The standard InChI is InChI=1S/C13H18Cl2N2O2S/c1-10(2)16-5-7-17(8-6-16)20(18,19)11-3-4-12(14)13(15)9-11/h3-4,9-10H,5-8H2,1-2H3. The van der Waals surface area contributed by atoms with Gasteiger partial charge in [0, 0.05) is 32.2 Å². The van der Waals surface area contributed by atoms with Crippen molar-refractivity contribution in [1.29, 1.82) is 0 Å². The van der Waals surface area contributed by atoms with Gasteiger partial charge in [-0.05, 0) is 32.0 Å². The molecule has 1 aromatic carbocycles. The lowest BCUT2D eigenvalue weighted by atomic mass is 10.3. The summed E-state index contributed by atoms with van der Waals surface area (Å²) in [6, 6.07) is 4.86. The monoisotopic (exact) mass is 336 g/mol. The first kappa shape index (κ1) is 16.0. The summed E-state index contributed by atoms with van der Waals surface area (Å²) in [6.07, 6.45) is 0. The Hall–Kier alpha value is -0.330. The molecule has 4 nitrogen and oxygen atoms in total. The van der Waals surface area contributed by atoms with Crippen LogP contribution in [0.15, 0.2) is 23.1 Å². The second-order valence-corrected chi connectivity index (χ2v) is 7.86. The highest BCUT2D eigenvalue weighted by atomic mass is 35.5. The number of rotatable bonds is 3. The minimum Gasteiger partial charge on any atom is -0.298 e. The average Bonchev–Trinajstić information content (AvgIpc) is 2.41. The molecule has 1 heterocycles. The highest BCUT2D eigenvalue weighted by molar-refractivity contribution is 7.89. The Morgan fingerprint density at radius 3 is 2.15 bits per heavy atom. The number of nitrogens with zero attached hydrogens (tertiary/aromatic N) is 2. The maximum absolute atomic E-state index is 12.5. The van der Waals surface area contributed by atoms with Crippen LogP contribution in [0.25, 0.3) is 0 Å². The minimum absolute atomic E-state index is 0.199. The van der Waals surface area contributed by atoms with Gasteiger partial charge in [-0.2, -0.15) is 4.31 Å². The van der Waals surface area contributed by atoms with Crippen molar-refractivity contribution in [2.45, 2.75) is 24.8 Å². The van der Waals surface area contributed by atoms with Crippen LogP contribution in [0.5, 0.6) is 0 Å². The zero-order valence-electron chi connectivity index (χ0n) is 11.5. The van der Waals surface area contributed by atoms with Crippen LogP contribution in [0.1, 0.15) is 13.8 Å². The largest absolute Gasteiger partial charge is 0.298 e. The van der Waals surface area contributed by atoms with Gasteiger partial charge >= 0.3 is 0 Å². The van der Waals surface area contributed by atoms with Gasteiger partial charge in [-0.25, -0.2) is 8.42 Å². The number of halogens is 2. The van der Waals surface area contributed by atoms with Crippen molar-refractivity contribution >= 4 is 33.2 Å². The predicted octanol–water partition coefficient (Wildman–Crippen LogP) is 2.71. The van der Waals surface area contributed by atoms with E-state index in [2.05, 4.69) is 18.7 Å². The molecule has 0 amide bonds.